The molecule has 1 amide bonds. The summed E-state index contributed by atoms with van der Waals surface area (Å²) >= 11 is 0. The van der Waals surface area contributed by atoms with E-state index in [1.165, 1.54) is 0 Å². The zero-order chi connectivity index (χ0) is 17.8. The van der Waals surface area contributed by atoms with Crippen LogP contribution < -0.4 is 19.1 Å². The summed E-state index contributed by atoms with van der Waals surface area (Å²) in [5, 5.41) is 0. The summed E-state index contributed by atoms with van der Waals surface area (Å²) in [5.41, 5.74) is 2.07. The molecule has 1 aliphatic rings. The standard InChI is InChI=1S/C20H23NO4/c1-14-10-15-11-16(23-2)8-9-17(15)21(12-14)20(22)13-25-19-7-5-4-6-18(19)24-3/h4-9,11,14H,10,12-13H2,1-3H3. The van der Waals surface area contributed by atoms with Crippen LogP contribution in [0.3, 0.4) is 0 Å². The van der Waals surface area contributed by atoms with Gasteiger partial charge in [-0.3, -0.25) is 4.79 Å². The van der Waals surface area contributed by atoms with E-state index < -0.39 is 0 Å². The number of methoxy groups -OCH3 is 2. The SMILES string of the molecule is COc1ccc2c(c1)CC(C)CN2C(=O)COc1ccccc1OC. The van der Waals surface area contributed by atoms with Crippen molar-refractivity contribution < 1.29 is 19.0 Å². The maximum absolute atomic E-state index is 12.8. The number of hydrogen-bond donors (Lipinski definition) is 0. The largest absolute Gasteiger partial charge is 0.497 e. The van der Waals surface area contributed by atoms with E-state index in [4.69, 9.17) is 14.2 Å². The summed E-state index contributed by atoms with van der Waals surface area (Å²) in [5.74, 6) is 2.31. The number of amides is 1. The molecule has 1 atom stereocenters. The minimum absolute atomic E-state index is 0.0292. The molecule has 0 spiro atoms. The van der Waals surface area contributed by atoms with Gasteiger partial charge in [0.05, 0.1) is 14.2 Å². The van der Waals surface area contributed by atoms with Gasteiger partial charge in [-0.15, -0.1) is 0 Å². The van der Waals surface area contributed by atoms with Gasteiger partial charge in [0.2, 0.25) is 0 Å². The highest BCUT2D eigenvalue weighted by Gasteiger charge is 2.27. The van der Waals surface area contributed by atoms with Crippen LogP contribution in [0.1, 0.15) is 12.5 Å². The van der Waals surface area contributed by atoms with Crippen LogP contribution in [0, 0.1) is 5.92 Å². The van der Waals surface area contributed by atoms with Crippen LogP contribution in [-0.4, -0.2) is 33.3 Å². The minimum atomic E-state index is -0.0659. The van der Waals surface area contributed by atoms with E-state index in [2.05, 4.69) is 6.92 Å². The first kappa shape index (κ1) is 17.1. The second kappa shape index (κ2) is 7.47. The minimum Gasteiger partial charge on any atom is -0.497 e. The summed E-state index contributed by atoms with van der Waals surface area (Å²) in [6.07, 6.45) is 0.934. The second-order valence-electron chi connectivity index (χ2n) is 6.25. The molecule has 132 valence electrons. The van der Waals surface area contributed by atoms with Gasteiger partial charge in [-0.1, -0.05) is 19.1 Å². The number of carbonyl (C=O) groups excluding carboxylic acids is 1. The van der Waals surface area contributed by atoms with Gasteiger partial charge in [-0.2, -0.15) is 0 Å². The Morgan fingerprint density at radius 2 is 1.88 bits per heavy atom. The van der Waals surface area contributed by atoms with Gasteiger partial charge in [-0.25, -0.2) is 0 Å². The molecular formula is C20H23NO4. The fourth-order valence-corrected chi connectivity index (χ4v) is 3.16. The molecule has 5 heteroatoms. The molecule has 2 aromatic rings. The van der Waals surface area contributed by atoms with Gasteiger partial charge in [0.15, 0.2) is 18.1 Å². The third kappa shape index (κ3) is 3.71. The molecule has 3 rings (SSSR count). The Kier molecular flexibility index (Phi) is 5.12. The Morgan fingerprint density at radius 1 is 1.12 bits per heavy atom. The fourth-order valence-electron chi connectivity index (χ4n) is 3.16. The predicted molar refractivity (Wildman–Crippen MR) is 96.7 cm³/mol. The lowest BCUT2D eigenvalue weighted by atomic mass is 9.93. The Bertz CT molecular complexity index is 759. The van der Waals surface area contributed by atoms with E-state index in [1.54, 1.807) is 25.2 Å². The van der Waals surface area contributed by atoms with Crippen LogP contribution in [0.25, 0.3) is 0 Å². The lowest BCUT2D eigenvalue weighted by Crippen LogP contribution is -2.41. The van der Waals surface area contributed by atoms with E-state index in [0.29, 0.717) is 24.0 Å². The third-order valence-corrected chi connectivity index (χ3v) is 4.36. The predicted octanol–water partition coefficient (Wildman–Crippen LogP) is 3.31. The number of rotatable bonds is 5. The number of carbonyl (C=O) groups is 1. The average Bonchev–Trinajstić information content (AvgIpc) is 2.64. The normalized spacial score (nSPS) is 16.1. The molecule has 5 nitrogen and oxygen atoms in total. The molecule has 0 aliphatic carbocycles. The van der Waals surface area contributed by atoms with Gasteiger partial charge in [-0.05, 0) is 48.2 Å². The highest BCUT2D eigenvalue weighted by molar-refractivity contribution is 5.95. The average molecular weight is 341 g/mol. The molecule has 0 bridgehead atoms. The zero-order valence-electron chi connectivity index (χ0n) is 14.8. The first-order chi connectivity index (χ1) is 12.1. The highest BCUT2D eigenvalue weighted by Crippen LogP contribution is 2.33. The topological polar surface area (TPSA) is 48.0 Å². The van der Waals surface area contributed by atoms with E-state index in [0.717, 1.165) is 23.4 Å². The molecule has 0 saturated heterocycles. The summed E-state index contributed by atoms with van der Waals surface area (Å²) in [6, 6.07) is 13.2. The lowest BCUT2D eigenvalue weighted by Gasteiger charge is -2.33. The van der Waals surface area contributed by atoms with Gasteiger partial charge in [0, 0.05) is 12.2 Å². The smallest absolute Gasteiger partial charge is 0.264 e. The first-order valence-electron chi connectivity index (χ1n) is 8.35. The summed E-state index contributed by atoms with van der Waals surface area (Å²) < 4.78 is 16.3. The van der Waals surface area contributed by atoms with Gasteiger partial charge >= 0.3 is 0 Å². The van der Waals surface area contributed by atoms with E-state index in [1.807, 2.05) is 36.4 Å². The van der Waals surface area contributed by atoms with Crippen molar-refractivity contribution >= 4 is 11.6 Å². The molecule has 1 aliphatic heterocycles. The number of benzene rings is 2. The number of anilines is 1. The van der Waals surface area contributed by atoms with Crippen molar-refractivity contribution in [1.29, 1.82) is 0 Å². The Balaban J connectivity index is 1.76. The molecule has 25 heavy (non-hydrogen) atoms. The Morgan fingerprint density at radius 3 is 2.60 bits per heavy atom. The number of fused-ring (bicyclic) bond motifs is 1. The molecule has 0 fully saturated rings. The highest BCUT2D eigenvalue weighted by atomic mass is 16.5. The quantitative estimate of drug-likeness (QED) is 0.837. The molecule has 1 heterocycles. The van der Waals surface area contributed by atoms with Crippen LogP contribution in [0.4, 0.5) is 5.69 Å². The van der Waals surface area contributed by atoms with Crippen LogP contribution in [-0.2, 0) is 11.2 Å². The Labute approximate surface area is 148 Å². The summed E-state index contributed by atoms with van der Waals surface area (Å²) in [4.78, 5) is 14.6. The molecule has 2 aromatic carbocycles. The number of ether oxygens (including phenoxy) is 3. The van der Waals surface area contributed by atoms with E-state index in [9.17, 15) is 4.79 Å². The summed E-state index contributed by atoms with van der Waals surface area (Å²) in [7, 11) is 3.23. The van der Waals surface area contributed by atoms with Gasteiger partial charge in [0.25, 0.3) is 5.91 Å². The molecular weight excluding hydrogens is 318 g/mol. The van der Waals surface area contributed by atoms with Crippen LogP contribution in [0.5, 0.6) is 17.2 Å². The fraction of sp³-hybridized carbons (Fsp3) is 0.350. The first-order valence-corrected chi connectivity index (χ1v) is 8.35. The molecule has 0 N–H and O–H groups in total. The summed E-state index contributed by atoms with van der Waals surface area (Å²) in [6.45, 7) is 2.80. The van der Waals surface area contributed by atoms with Crippen LogP contribution in [0.2, 0.25) is 0 Å². The zero-order valence-corrected chi connectivity index (χ0v) is 14.8. The third-order valence-electron chi connectivity index (χ3n) is 4.36. The van der Waals surface area contributed by atoms with Crippen LogP contribution in [0.15, 0.2) is 42.5 Å². The molecule has 0 saturated carbocycles. The van der Waals surface area contributed by atoms with Crippen molar-refractivity contribution in [3.8, 4) is 17.2 Å². The lowest BCUT2D eigenvalue weighted by molar-refractivity contribution is -0.120. The maximum atomic E-state index is 12.8. The number of nitrogens with zero attached hydrogens (tertiary/aromatic N) is 1. The van der Waals surface area contributed by atoms with E-state index >= 15 is 0 Å². The van der Waals surface area contributed by atoms with Crippen molar-refractivity contribution in [3.05, 3.63) is 48.0 Å². The number of para-hydroxylation sites is 2. The molecule has 0 aromatic heterocycles. The Hall–Kier alpha value is -2.69. The van der Waals surface area contributed by atoms with Crippen molar-refractivity contribution in [2.45, 2.75) is 13.3 Å². The van der Waals surface area contributed by atoms with Crippen LogP contribution >= 0.6 is 0 Å². The van der Waals surface area contributed by atoms with Crippen molar-refractivity contribution in [3.63, 3.8) is 0 Å². The number of hydrogen-bond acceptors (Lipinski definition) is 4. The van der Waals surface area contributed by atoms with Gasteiger partial charge < -0.3 is 19.1 Å². The molecule has 1 unspecified atom stereocenters. The molecule has 0 radical (unpaired) electrons. The maximum Gasteiger partial charge on any atom is 0.264 e. The van der Waals surface area contributed by atoms with Crippen molar-refractivity contribution in [1.82, 2.24) is 0 Å². The monoisotopic (exact) mass is 341 g/mol. The van der Waals surface area contributed by atoms with E-state index in [-0.39, 0.29) is 12.5 Å². The second-order valence-corrected chi connectivity index (χ2v) is 6.25. The van der Waals surface area contributed by atoms with Gasteiger partial charge in [0.1, 0.15) is 5.75 Å². The van der Waals surface area contributed by atoms with Crippen molar-refractivity contribution in [2.24, 2.45) is 5.92 Å². The van der Waals surface area contributed by atoms with Crippen molar-refractivity contribution in [2.75, 3.05) is 32.3 Å².